The van der Waals surface area contributed by atoms with Crippen LogP contribution in [0.2, 0.25) is 5.15 Å². The van der Waals surface area contributed by atoms with Gasteiger partial charge in [-0.3, -0.25) is 20.2 Å². The Morgan fingerprint density at radius 2 is 2.15 bits per heavy atom. The molecule has 2 aromatic heterocycles. The molecule has 0 saturated carbocycles. The van der Waals surface area contributed by atoms with E-state index in [2.05, 4.69) is 15.2 Å². The van der Waals surface area contributed by atoms with Gasteiger partial charge in [0.25, 0.3) is 5.69 Å². The number of hydrogen-bond donors (Lipinski definition) is 1. The van der Waals surface area contributed by atoms with Gasteiger partial charge in [0.15, 0.2) is 0 Å². The molecule has 0 unspecified atom stereocenters. The summed E-state index contributed by atoms with van der Waals surface area (Å²) in [6, 6.07) is 8.47. The molecule has 2 heterocycles. The molecule has 0 atom stereocenters. The van der Waals surface area contributed by atoms with Gasteiger partial charge in [-0.2, -0.15) is 5.10 Å². The van der Waals surface area contributed by atoms with Crippen LogP contribution in [0.25, 0.3) is 10.9 Å². The smallest absolute Gasteiger partial charge is 0.266 e. The third-order valence-corrected chi connectivity index (χ3v) is 3.31. The quantitative estimate of drug-likeness (QED) is 0.593. The summed E-state index contributed by atoms with van der Waals surface area (Å²) in [7, 11) is 0. The zero-order valence-corrected chi connectivity index (χ0v) is 11.0. The van der Waals surface area contributed by atoms with E-state index in [4.69, 9.17) is 11.6 Å². The zero-order valence-electron chi connectivity index (χ0n) is 10.2. The summed E-state index contributed by atoms with van der Waals surface area (Å²) in [6.45, 7) is 0. The first-order valence-corrected chi connectivity index (χ1v) is 6.24. The number of fused-ring (bicyclic) bond motifs is 1. The van der Waals surface area contributed by atoms with Crippen LogP contribution in [0.3, 0.4) is 0 Å². The number of hydrogen-bond acceptors (Lipinski definition) is 4. The Balaban J connectivity index is 2.22. The van der Waals surface area contributed by atoms with E-state index in [-0.39, 0.29) is 5.69 Å². The number of H-pyrrole nitrogens is 1. The van der Waals surface area contributed by atoms with Crippen LogP contribution in [0.4, 0.5) is 5.69 Å². The lowest BCUT2D eigenvalue weighted by molar-refractivity contribution is -0.385. The molecule has 0 radical (unpaired) electrons. The first-order chi connectivity index (χ1) is 9.66. The van der Waals surface area contributed by atoms with Crippen LogP contribution >= 0.6 is 11.6 Å². The summed E-state index contributed by atoms with van der Waals surface area (Å²) < 4.78 is 0. The minimum absolute atomic E-state index is 0.0199. The first kappa shape index (κ1) is 12.6. The van der Waals surface area contributed by atoms with E-state index in [1.54, 1.807) is 18.3 Å². The molecule has 0 bridgehead atoms. The van der Waals surface area contributed by atoms with Crippen molar-refractivity contribution in [1.29, 1.82) is 0 Å². The third-order valence-electron chi connectivity index (χ3n) is 3.04. The van der Waals surface area contributed by atoms with E-state index in [1.165, 1.54) is 6.07 Å². The van der Waals surface area contributed by atoms with Crippen molar-refractivity contribution in [3.8, 4) is 0 Å². The maximum Gasteiger partial charge on any atom is 0.273 e. The van der Waals surface area contributed by atoms with Crippen molar-refractivity contribution >= 4 is 28.2 Å². The molecule has 7 heteroatoms. The van der Waals surface area contributed by atoms with Gasteiger partial charge in [0.1, 0.15) is 5.15 Å². The summed E-state index contributed by atoms with van der Waals surface area (Å²) in [4.78, 5) is 15.0. The topological polar surface area (TPSA) is 84.7 Å². The van der Waals surface area contributed by atoms with E-state index >= 15 is 0 Å². The minimum Gasteiger partial charge on any atom is -0.266 e. The second-order valence-electron chi connectivity index (χ2n) is 4.25. The number of aromatic nitrogens is 3. The second kappa shape index (κ2) is 4.90. The van der Waals surface area contributed by atoms with Crippen molar-refractivity contribution in [3.05, 3.63) is 63.1 Å². The van der Waals surface area contributed by atoms with E-state index in [0.29, 0.717) is 28.0 Å². The van der Waals surface area contributed by atoms with Gasteiger partial charge < -0.3 is 0 Å². The van der Waals surface area contributed by atoms with Crippen LogP contribution in [0.15, 0.2) is 36.5 Å². The van der Waals surface area contributed by atoms with Gasteiger partial charge in [-0.05, 0) is 18.2 Å². The summed E-state index contributed by atoms with van der Waals surface area (Å²) >= 11 is 6.06. The molecule has 3 aromatic rings. The molecule has 0 spiro atoms. The molecule has 0 aliphatic heterocycles. The highest BCUT2D eigenvalue weighted by Gasteiger charge is 2.21. The van der Waals surface area contributed by atoms with E-state index in [9.17, 15) is 10.1 Å². The van der Waals surface area contributed by atoms with E-state index in [1.807, 2.05) is 12.1 Å². The van der Waals surface area contributed by atoms with Gasteiger partial charge in [0.2, 0.25) is 0 Å². The molecule has 0 fully saturated rings. The molecule has 3 rings (SSSR count). The van der Waals surface area contributed by atoms with Gasteiger partial charge >= 0.3 is 0 Å². The molecule has 0 amide bonds. The highest BCUT2D eigenvalue weighted by molar-refractivity contribution is 6.34. The van der Waals surface area contributed by atoms with Gasteiger partial charge in [-0.15, -0.1) is 0 Å². The predicted octanol–water partition coefficient (Wildman–Crippen LogP) is 3.11. The molecule has 1 N–H and O–H groups in total. The van der Waals surface area contributed by atoms with Gasteiger partial charge in [0, 0.05) is 35.3 Å². The van der Waals surface area contributed by atoms with Crippen molar-refractivity contribution in [3.63, 3.8) is 0 Å². The third kappa shape index (κ3) is 2.10. The number of benzene rings is 1. The number of pyridine rings is 1. The lowest BCUT2D eigenvalue weighted by atomic mass is 10.0. The Kier molecular flexibility index (Phi) is 3.08. The molecule has 1 aromatic carbocycles. The van der Waals surface area contributed by atoms with Crippen molar-refractivity contribution in [2.75, 3.05) is 0 Å². The van der Waals surface area contributed by atoms with Crippen LogP contribution in [-0.4, -0.2) is 20.1 Å². The Morgan fingerprint density at radius 1 is 1.30 bits per heavy atom. The molecule has 0 saturated heterocycles. The standard InChI is InChI=1S/C13H9ClN4O2/c14-13-12-9(7-8-3-1-2-6-15-8)11(18(19)20)5-4-10(12)16-17-13/h1-6H,7H2,(H,16,17). The highest BCUT2D eigenvalue weighted by atomic mass is 35.5. The van der Waals surface area contributed by atoms with E-state index in [0.717, 1.165) is 5.69 Å². The van der Waals surface area contributed by atoms with Gasteiger partial charge in [-0.25, -0.2) is 0 Å². The molecule has 100 valence electrons. The maximum absolute atomic E-state index is 11.2. The monoisotopic (exact) mass is 288 g/mol. The molecule has 0 aliphatic rings. The van der Waals surface area contributed by atoms with Crippen LogP contribution in [0, 0.1) is 10.1 Å². The molecular weight excluding hydrogens is 280 g/mol. The zero-order chi connectivity index (χ0) is 14.1. The Bertz CT molecular complexity index is 786. The second-order valence-corrected chi connectivity index (χ2v) is 4.63. The predicted molar refractivity (Wildman–Crippen MR) is 74.8 cm³/mol. The van der Waals surface area contributed by atoms with Crippen LogP contribution in [-0.2, 0) is 6.42 Å². The average molecular weight is 289 g/mol. The largest absolute Gasteiger partial charge is 0.273 e. The van der Waals surface area contributed by atoms with Crippen LogP contribution < -0.4 is 0 Å². The lowest BCUT2D eigenvalue weighted by Crippen LogP contribution is -1.99. The maximum atomic E-state index is 11.2. The Labute approximate surface area is 118 Å². The van der Waals surface area contributed by atoms with Crippen molar-refractivity contribution < 1.29 is 4.92 Å². The van der Waals surface area contributed by atoms with Crippen molar-refractivity contribution in [2.45, 2.75) is 6.42 Å². The van der Waals surface area contributed by atoms with Crippen molar-refractivity contribution in [2.24, 2.45) is 0 Å². The number of nitro benzene ring substituents is 1. The normalized spacial score (nSPS) is 10.8. The fraction of sp³-hybridized carbons (Fsp3) is 0.0769. The fourth-order valence-corrected chi connectivity index (χ4v) is 2.41. The number of aromatic amines is 1. The van der Waals surface area contributed by atoms with Crippen molar-refractivity contribution in [1.82, 2.24) is 15.2 Å². The van der Waals surface area contributed by atoms with Crippen LogP contribution in [0.1, 0.15) is 11.3 Å². The highest BCUT2D eigenvalue weighted by Crippen LogP contribution is 2.32. The molecule has 20 heavy (non-hydrogen) atoms. The number of nitro groups is 1. The van der Waals surface area contributed by atoms with Gasteiger partial charge in [-0.1, -0.05) is 17.7 Å². The number of halogens is 1. The molecule has 0 aliphatic carbocycles. The SMILES string of the molecule is O=[N+]([O-])c1ccc2n[nH]c(Cl)c2c1Cc1ccccn1. The minimum atomic E-state index is -0.416. The summed E-state index contributed by atoms with van der Waals surface area (Å²) in [5, 5.41) is 18.7. The Morgan fingerprint density at radius 3 is 2.85 bits per heavy atom. The number of nitrogens with zero attached hydrogens (tertiary/aromatic N) is 3. The summed E-state index contributed by atoms with van der Waals surface area (Å²) in [6.07, 6.45) is 1.98. The molecule has 6 nitrogen and oxygen atoms in total. The fourth-order valence-electron chi connectivity index (χ4n) is 2.16. The Hall–Kier alpha value is -2.47. The summed E-state index contributed by atoms with van der Waals surface area (Å²) in [5.74, 6) is 0. The van der Waals surface area contributed by atoms with E-state index < -0.39 is 4.92 Å². The average Bonchev–Trinajstić information content (AvgIpc) is 2.82. The number of nitrogens with one attached hydrogen (secondary N) is 1. The summed E-state index contributed by atoms with van der Waals surface area (Å²) in [5.41, 5.74) is 1.88. The van der Waals surface area contributed by atoms with Crippen LogP contribution in [0.5, 0.6) is 0 Å². The lowest BCUT2D eigenvalue weighted by Gasteiger charge is -2.04. The number of rotatable bonds is 3. The van der Waals surface area contributed by atoms with Gasteiger partial charge in [0.05, 0.1) is 10.4 Å². The molecular formula is C13H9ClN4O2. The first-order valence-electron chi connectivity index (χ1n) is 5.86.